The Morgan fingerprint density at radius 1 is 0.750 bits per heavy atom. The molecule has 2 atom stereocenters. The fourth-order valence-electron chi connectivity index (χ4n) is 5.90. The molecule has 0 unspecified atom stereocenters. The van der Waals surface area contributed by atoms with Crippen LogP contribution in [0.3, 0.4) is 0 Å². The average molecular weight is 733 g/mol. The van der Waals surface area contributed by atoms with Gasteiger partial charge in [0.15, 0.2) is 6.29 Å². The number of carbonyl (C=O) groups is 4. The van der Waals surface area contributed by atoms with E-state index in [4.69, 9.17) is 11.8 Å². The number of hydrogen-bond donors (Lipinski definition) is 6. The number of aliphatic hydroxyl groups excluding tert-OH is 1. The number of hydrogen-bond acceptors (Lipinski definition) is 11. The summed E-state index contributed by atoms with van der Waals surface area (Å²) >= 11 is 0. The summed E-state index contributed by atoms with van der Waals surface area (Å²) in [7, 11) is 6.15. The van der Waals surface area contributed by atoms with Gasteiger partial charge in [0.25, 0.3) is 0 Å². The van der Waals surface area contributed by atoms with Gasteiger partial charge in [0.2, 0.25) is 23.6 Å². The summed E-state index contributed by atoms with van der Waals surface area (Å²) in [6.45, 7) is 16.4. The maximum Gasteiger partial charge on any atom is 0.243 e. The van der Waals surface area contributed by atoms with E-state index in [0.717, 1.165) is 36.5 Å². The van der Waals surface area contributed by atoms with Crippen LogP contribution in [0.4, 0.5) is 0 Å². The van der Waals surface area contributed by atoms with Crippen molar-refractivity contribution >= 4 is 23.6 Å². The van der Waals surface area contributed by atoms with E-state index < -0.39 is 24.3 Å². The second-order valence-corrected chi connectivity index (χ2v) is 13.4. The highest BCUT2D eigenvalue weighted by atomic mass is 16.5. The van der Waals surface area contributed by atoms with Crippen molar-refractivity contribution in [1.29, 1.82) is 0 Å². The standard InChI is InChI=1S/C37H64N8O7/c1-7-31(36(50)39-13-12-38-33(46)11-10-22-52-30-24-28(4)23-29(5)25-30)41-37(51)32(8-2)40-34(47)26-44-19-18-43(9-3)16-14-42(6)15-17-45(21-20-44)27-35(48)49/h6,23-25,31-32,35,48-49H,7-22,26-27H2,1-5H3,(H,38,46)(H,39,50)(H,40,47)(H,41,51)/t31-,32-/m0/s1. The van der Waals surface area contributed by atoms with Crippen LogP contribution in [0.25, 0.3) is 0 Å². The molecule has 294 valence electrons. The van der Waals surface area contributed by atoms with Gasteiger partial charge in [-0.1, -0.05) is 26.8 Å². The quantitative estimate of drug-likeness (QED) is 0.0814. The van der Waals surface area contributed by atoms with Gasteiger partial charge in [0.05, 0.1) is 13.2 Å². The van der Waals surface area contributed by atoms with Crippen LogP contribution in [0, 0.1) is 20.9 Å². The molecular weight excluding hydrogens is 668 g/mol. The molecule has 0 aromatic heterocycles. The van der Waals surface area contributed by atoms with Crippen LogP contribution in [0.1, 0.15) is 57.6 Å². The van der Waals surface area contributed by atoms with Gasteiger partial charge in [0.1, 0.15) is 17.8 Å². The number of amides is 4. The van der Waals surface area contributed by atoms with E-state index >= 15 is 0 Å². The second-order valence-electron chi connectivity index (χ2n) is 13.4. The molecular formula is C37H64N8O7. The fourth-order valence-corrected chi connectivity index (χ4v) is 5.90. The number of nitrogens with zero attached hydrogens (tertiary/aromatic N) is 4. The number of benzene rings is 1. The molecule has 0 bridgehead atoms. The topological polar surface area (TPSA) is 179 Å². The minimum atomic E-state index is -1.49. The summed E-state index contributed by atoms with van der Waals surface area (Å²) in [5.41, 5.74) is 2.24. The minimum Gasteiger partial charge on any atom is -0.494 e. The molecule has 2 rings (SSSR count). The third-order valence-corrected chi connectivity index (χ3v) is 8.97. The van der Waals surface area contributed by atoms with Gasteiger partial charge in [-0.25, -0.2) is 0 Å². The van der Waals surface area contributed by atoms with Crippen molar-refractivity contribution in [3.8, 4) is 5.75 Å². The van der Waals surface area contributed by atoms with E-state index in [1.807, 2.05) is 35.8 Å². The van der Waals surface area contributed by atoms with Gasteiger partial charge >= 0.3 is 0 Å². The molecule has 1 aromatic carbocycles. The van der Waals surface area contributed by atoms with Crippen LogP contribution in [-0.2, 0) is 19.2 Å². The van der Waals surface area contributed by atoms with Crippen LogP contribution < -0.4 is 26.0 Å². The van der Waals surface area contributed by atoms with Crippen LogP contribution in [0.15, 0.2) is 18.2 Å². The highest BCUT2D eigenvalue weighted by molar-refractivity contribution is 5.92. The average Bonchev–Trinajstić information content (AvgIpc) is 3.09. The van der Waals surface area contributed by atoms with Crippen molar-refractivity contribution in [1.82, 2.24) is 40.9 Å². The van der Waals surface area contributed by atoms with Gasteiger partial charge in [-0.3, -0.25) is 33.9 Å². The highest BCUT2D eigenvalue weighted by Gasteiger charge is 2.26. The number of likely N-dealkylation sites (N-methyl/N-ethyl adjacent to an activating group) is 1. The van der Waals surface area contributed by atoms with Crippen LogP contribution in [0.2, 0.25) is 0 Å². The molecule has 1 heterocycles. The number of carbonyl (C=O) groups excluding carboxylic acids is 4. The second kappa shape index (κ2) is 24.8. The smallest absolute Gasteiger partial charge is 0.243 e. The Labute approximate surface area is 310 Å². The Hall–Kier alpha value is -3.34. The molecule has 6 N–H and O–H groups in total. The molecule has 0 saturated carbocycles. The fraction of sp³-hybridized carbons (Fsp3) is 0.703. The summed E-state index contributed by atoms with van der Waals surface area (Å²) in [6.07, 6.45) is 0.0460. The number of ether oxygens (including phenoxy) is 1. The lowest BCUT2D eigenvalue weighted by atomic mass is 10.1. The van der Waals surface area contributed by atoms with E-state index in [9.17, 15) is 29.4 Å². The summed E-state index contributed by atoms with van der Waals surface area (Å²) in [5.74, 6) is -0.490. The normalized spacial score (nSPS) is 17.0. The summed E-state index contributed by atoms with van der Waals surface area (Å²) in [4.78, 5) is 59.4. The van der Waals surface area contributed by atoms with Gasteiger partial charge in [0, 0.05) is 85.5 Å². The van der Waals surface area contributed by atoms with Crippen molar-refractivity contribution < 1.29 is 34.1 Å². The zero-order valence-electron chi connectivity index (χ0n) is 32.0. The molecule has 52 heavy (non-hydrogen) atoms. The lowest BCUT2D eigenvalue weighted by molar-refractivity contribution is -0.132. The number of β-amino-alcohol motifs (C(OH)–C–C–N with tert-alkyl or cyclic N) is 2. The van der Waals surface area contributed by atoms with Crippen molar-refractivity contribution in [3.63, 3.8) is 0 Å². The third kappa shape index (κ3) is 18.4. The van der Waals surface area contributed by atoms with Crippen molar-refractivity contribution in [2.45, 2.75) is 78.7 Å². The van der Waals surface area contributed by atoms with Crippen LogP contribution in [0.5, 0.6) is 5.75 Å². The first-order valence-corrected chi connectivity index (χ1v) is 18.7. The Bertz CT molecular complexity index is 1220. The van der Waals surface area contributed by atoms with E-state index in [-0.39, 0.29) is 43.9 Å². The molecule has 0 aliphatic carbocycles. The monoisotopic (exact) mass is 732 g/mol. The van der Waals surface area contributed by atoms with E-state index in [1.165, 1.54) is 0 Å². The SMILES string of the molecule is [CH]N1CCN(CC)CCN(CC(=O)N[C@@H](CC)C(=O)N[C@@H](CC)C(=O)NCCNC(=O)CCCOc2cc(C)cc(C)c2)CCN(CC(O)O)CC1. The Morgan fingerprint density at radius 3 is 1.92 bits per heavy atom. The summed E-state index contributed by atoms with van der Waals surface area (Å²) in [6, 6.07) is 4.36. The maximum absolute atomic E-state index is 13.2. The minimum absolute atomic E-state index is 0.0583. The molecule has 1 fully saturated rings. The van der Waals surface area contributed by atoms with Crippen molar-refractivity contribution in [2.75, 3.05) is 91.7 Å². The molecule has 1 aliphatic heterocycles. The Kier molecular flexibility index (Phi) is 21.4. The molecule has 15 heteroatoms. The summed E-state index contributed by atoms with van der Waals surface area (Å²) < 4.78 is 5.76. The Morgan fingerprint density at radius 2 is 1.31 bits per heavy atom. The number of aryl methyl sites for hydroxylation is 2. The number of rotatable bonds is 19. The van der Waals surface area contributed by atoms with Crippen molar-refractivity contribution in [3.05, 3.63) is 36.4 Å². The first kappa shape index (κ1) is 44.8. The summed E-state index contributed by atoms with van der Waals surface area (Å²) in [5, 5.41) is 30.3. The predicted molar refractivity (Wildman–Crippen MR) is 200 cm³/mol. The first-order chi connectivity index (χ1) is 24.8. The lowest BCUT2D eigenvalue weighted by Crippen LogP contribution is -2.55. The third-order valence-electron chi connectivity index (χ3n) is 8.97. The van der Waals surface area contributed by atoms with Gasteiger partial charge in [-0.05, 0) is 62.9 Å². The van der Waals surface area contributed by atoms with Crippen LogP contribution in [-0.4, -0.2) is 164 Å². The number of nitrogens with one attached hydrogen (secondary N) is 4. The predicted octanol–water partition coefficient (Wildman–Crippen LogP) is -0.295. The highest BCUT2D eigenvalue weighted by Crippen LogP contribution is 2.16. The zero-order chi connectivity index (χ0) is 38.5. The molecule has 4 amide bonds. The van der Waals surface area contributed by atoms with E-state index in [1.54, 1.807) is 18.7 Å². The first-order valence-electron chi connectivity index (χ1n) is 18.7. The van der Waals surface area contributed by atoms with Gasteiger partial charge in [-0.15, -0.1) is 0 Å². The van der Waals surface area contributed by atoms with Crippen molar-refractivity contribution in [2.24, 2.45) is 0 Å². The Balaban J connectivity index is 1.80. The van der Waals surface area contributed by atoms with E-state index in [0.29, 0.717) is 71.6 Å². The molecule has 15 nitrogen and oxygen atoms in total. The molecule has 1 saturated heterocycles. The molecule has 1 aromatic rings. The molecule has 1 aliphatic rings. The van der Waals surface area contributed by atoms with Gasteiger partial charge < -0.3 is 41.1 Å². The lowest BCUT2D eigenvalue weighted by Gasteiger charge is -2.33. The van der Waals surface area contributed by atoms with Gasteiger partial charge in [-0.2, -0.15) is 0 Å². The molecule has 2 radical (unpaired) electrons. The molecule has 0 spiro atoms. The zero-order valence-corrected chi connectivity index (χ0v) is 32.0. The maximum atomic E-state index is 13.2. The number of aliphatic hydroxyl groups is 2. The largest absolute Gasteiger partial charge is 0.494 e. The van der Waals surface area contributed by atoms with E-state index in [2.05, 4.69) is 39.2 Å². The van der Waals surface area contributed by atoms with Crippen LogP contribution >= 0.6 is 0 Å².